The number of hydrogen-bond acceptors (Lipinski definition) is 1. The summed E-state index contributed by atoms with van der Waals surface area (Å²) in [7, 11) is 0. The summed E-state index contributed by atoms with van der Waals surface area (Å²) >= 11 is 0. The Hall–Kier alpha value is -3.00. The maximum atomic E-state index is 6.03. The van der Waals surface area contributed by atoms with Gasteiger partial charge in [0.2, 0.25) is 0 Å². The summed E-state index contributed by atoms with van der Waals surface area (Å²) in [6.07, 6.45) is 4.06. The predicted octanol–water partition coefficient (Wildman–Crippen LogP) is 5.21. The molecule has 0 saturated carbocycles. The molecule has 112 valence electrons. The van der Waals surface area contributed by atoms with E-state index in [1.165, 1.54) is 16.3 Å². The summed E-state index contributed by atoms with van der Waals surface area (Å²) in [5, 5.41) is 2.49. The first kappa shape index (κ1) is 13.6. The van der Waals surface area contributed by atoms with Gasteiger partial charge in [0, 0.05) is 24.1 Å². The van der Waals surface area contributed by atoms with Crippen molar-refractivity contribution in [3.8, 4) is 11.4 Å². The highest BCUT2D eigenvalue weighted by molar-refractivity contribution is 5.85. The minimum atomic E-state index is 0.566. The fourth-order valence-electron chi connectivity index (χ4n) is 2.82. The molecule has 0 spiro atoms. The van der Waals surface area contributed by atoms with Crippen LogP contribution in [-0.4, -0.2) is 4.57 Å². The molecule has 0 N–H and O–H groups in total. The average molecular weight is 299 g/mol. The highest BCUT2D eigenvalue weighted by atomic mass is 16.5. The van der Waals surface area contributed by atoms with Gasteiger partial charge in [-0.2, -0.15) is 0 Å². The summed E-state index contributed by atoms with van der Waals surface area (Å²) in [6, 6.07) is 26.9. The fraction of sp³-hybridized carbons (Fsp3) is 0.0476. The van der Waals surface area contributed by atoms with Crippen molar-refractivity contribution in [3.05, 3.63) is 96.8 Å². The van der Waals surface area contributed by atoms with E-state index < -0.39 is 0 Å². The van der Waals surface area contributed by atoms with Crippen molar-refractivity contribution < 1.29 is 4.74 Å². The standard InChI is InChI=1S/C21H17NO/c1-2-12-21-17(7-1)8-5-9-18(21)16-23-20-11-6-10-19(15-20)22-13-3-4-14-22/h1-15H,16H2. The SMILES string of the molecule is c1cc(OCc2cccc3ccccc23)cc(-n2cccc2)c1. The molecule has 3 aromatic carbocycles. The molecule has 0 bridgehead atoms. The summed E-state index contributed by atoms with van der Waals surface area (Å²) < 4.78 is 8.10. The molecule has 4 rings (SSSR count). The van der Waals surface area contributed by atoms with Gasteiger partial charge in [-0.15, -0.1) is 0 Å². The van der Waals surface area contributed by atoms with E-state index in [-0.39, 0.29) is 0 Å². The van der Waals surface area contributed by atoms with E-state index in [0.717, 1.165) is 11.4 Å². The molecule has 0 aliphatic carbocycles. The molecule has 0 aliphatic rings. The third kappa shape index (κ3) is 2.84. The number of aromatic nitrogens is 1. The second-order valence-electron chi connectivity index (χ2n) is 5.51. The lowest BCUT2D eigenvalue weighted by Gasteiger charge is -2.11. The van der Waals surface area contributed by atoms with E-state index in [0.29, 0.717) is 6.61 Å². The molecule has 0 fully saturated rings. The normalized spacial score (nSPS) is 10.8. The third-order valence-corrected chi connectivity index (χ3v) is 3.99. The molecular weight excluding hydrogens is 282 g/mol. The molecule has 0 aliphatic heterocycles. The maximum absolute atomic E-state index is 6.03. The second-order valence-corrected chi connectivity index (χ2v) is 5.51. The zero-order valence-corrected chi connectivity index (χ0v) is 12.7. The van der Waals surface area contributed by atoms with Crippen LogP contribution in [-0.2, 0) is 6.61 Å². The van der Waals surface area contributed by atoms with Crippen LogP contribution >= 0.6 is 0 Å². The monoisotopic (exact) mass is 299 g/mol. The van der Waals surface area contributed by atoms with Crippen LogP contribution in [0.25, 0.3) is 16.5 Å². The zero-order chi connectivity index (χ0) is 15.5. The summed E-state index contributed by atoms with van der Waals surface area (Å²) in [5.74, 6) is 0.879. The molecule has 2 heteroatoms. The van der Waals surface area contributed by atoms with Gasteiger partial charge < -0.3 is 9.30 Å². The number of ether oxygens (including phenoxy) is 1. The van der Waals surface area contributed by atoms with Gasteiger partial charge in [0.25, 0.3) is 0 Å². The Morgan fingerprint density at radius 1 is 0.739 bits per heavy atom. The van der Waals surface area contributed by atoms with Crippen molar-refractivity contribution >= 4 is 10.8 Å². The van der Waals surface area contributed by atoms with Crippen molar-refractivity contribution in [2.24, 2.45) is 0 Å². The zero-order valence-electron chi connectivity index (χ0n) is 12.7. The summed E-state index contributed by atoms with van der Waals surface area (Å²) in [4.78, 5) is 0. The average Bonchev–Trinajstić information content (AvgIpc) is 3.15. The summed E-state index contributed by atoms with van der Waals surface area (Å²) in [5.41, 5.74) is 2.31. The first-order chi connectivity index (χ1) is 11.4. The van der Waals surface area contributed by atoms with Gasteiger partial charge >= 0.3 is 0 Å². The third-order valence-electron chi connectivity index (χ3n) is 3.99. The van der Waals surface area contributed by atoms with Gasteiger partial charge in [0.1, 0.15) is 12.4 Å². The van der Waals surface area contributed by atoms with E-state index in [1.807, 2.05) is 36.7 Å². The van der Waals surface area contributed by atoms with Crippen molar-refractivity contribution in [1.82, 2.24) is 4.57 Å². The number of fused-ring (bicyclic) bond motifs is 1. The first-order valence-corrected chi connectivity index (χ1v) is 7.73. The minimum Gasteiger partial charge on any atom is -0.489 e. The molecule has 0 radical (unpaired) electrons. The van der Waals surface area contributed by atoms with Gasteiger partial charge in [-0.25, -0.2) is 0 Å². The molecule has 1 aromatic heterocycles. The topological polar surface area (TPSA) is 14.2 Å². The van der Waals surface area contributed by atoms with E-state index in [4.69, 9.17) is 4.74 Å². The van der Waals surface area contributed by atoms with Gasteiger partial charge in [0.15, 0.2) is 0 Å². The van der Waals surface area contributed by atoms with Crippen LogP contribution in [0.1, 0.15) is 5.56 Å². The number of nitrogens with zero attached hydrogens (tertiary/aromatic N) is 1. The first-order valence-electron chi connectivity index (χ1n) is 7.73. The molecule has 2 nitrogen and oxygen atoms in total. The highest BCUT2D eigenvalue weighted by Crippen LogP contribution is 2.22. The largest absolute Gasteiger partial charge is 0.489 e. The van der Waals surface area contributed by atoms with E-state index in [2.05, 4.69) is 59.2 Å². The van der Waals surface area contributed by atoms with E-state index in [1.54, 1.807) is 0 Å². The van der Waals surface area contributed by atoms with Crippen molar-refractivity contribution in [2.75, 3.05) is 0 Å². The van der Waals surface area contributed by atoms with Gasteiger partial charge in [0.05, 0.1) is 0 Å². The van der Waals surface area contributed by atoms with Crippen LogP contribution in [0.15, 0.2) is 91.3 Å². The van der Waals surface area contributed by atoms with Crippen LogP contribution in [0.4, 0.5) is 0 Å². The Balaban J connectivity index is 1.58. The fourth-order valence-corrected chi connectivity index (χ4v) is 2.82. The Morgan fingerprint density at radius 2 is 1.52 bits per heavy atom. The van der Waals surface area contributed by atoms with E-state index in [9.17, 15) is 0 Å². The Kier molecular flexibility index (Phi) is 3.57. The highest BCUT2D eigenvalue weighted by Gasteiger charge is 2.03. The Morgan fingerprint density at radius 3 is 2.43 bits per heavy atom. The molecule has 4 aromatic rings. The minimum absolute atomic E-state index is 0.566. The Bertz CT molecular complexity index is 920. The molecule has 0 amide bonds. The lowest BCUT2D eigenvalue weighted by Crippen LogP contribution is -1.97. The van der Waals surface area contributed by atoms with Crippen LogP contribution in [0, 0.1) is 0 Å². The molecule has 0 atom stereocenters. The molecular formula is C21H17NO. The lowest BCUT2D eigenvalue weighted by molar-refractivity contribution is 0.307. The van der Waals surface area contributed by atoms with Crippen molar-refractivity contribution in [3.63, 3.8) is 0 Å². The van der Waals surface area contributed by atoms with Crippen molar-refractivity contribution in [1.29, 1.82) is 0 Å². The molecule has 1 heterocycles. The molecule has 0 unspecified atom stereocenters. The van der Waals surface area contributed by atoms with Crippen molar-refractivity contribution in [2.45, 2.75) is 6.61 Å². The Labute approximate surface area is 135 Å². The molecule has 0 saturated heterocycles. The van der Waals surface area contributed by atoms with Crippen LogP contribution < -0.4 is 4.74 Å². The van der Waals surface area contributed by atoms with Crippen LogP contribution in [0.5, 0.6) is 5.75 Å². The van der Waals surface area contributed by atoms with Crippen LogP contribution in [0.3, 0.4) is 0 Å². The number of hydrogen-bond donors (Lipinski definition) is 0. The smallest absolute Gasteiger partial charge is 0.121 e. The second kappa shape index (κ2) is 6.01. The number of rotatable bonds is 4. The summed E-state index contributed by atoms with van der Waals surface area (Å²) in [6.45, 7) is 0.566. The number of benzene rings is 3. The molecule has 23 heavy (non-hydrogen) atoms. The van der Waals surface area contributed by atoms with Gasteiger partial charge in [-0.05, 0) is 40.6 Å². The van der Waals surface area contributed by atoms with Crippen LogP contribution in [0.2, 0.25) is 0 Å². The predicted molar refractivity (Wildman–Crippen MR) is 94.0 cm³/mol. The van der Waals surface area contributed by atoms with Gasteiger partial charge in [-0.3, -0.25) is 0 Å². The van der Waals surface area contributed by atoms with Gasteiger partial charge in [-0.1, -0.05) is 48.5 Å². The quantitative estimate of drug-likeness (QED) is 0.504. The lowest BCUT2D eigenvalue weighted by atomic mass is 10.1. The maximum Gasteiger partial charge on any atom is 0.121 e. The van der Waals surface area contributed by atoms with E-state index >= 15 is 0 Å².